The second-order valence-electron chi connectivity index (χ2n) is 13.6. The molecule has 4 unspecified atom stereocenters. The molecule has 0 aromatic rings. The second-order valence-corrected chi connectivity index (χ2v) is 17.2. The highest BCUT2D eigenvalue weighted by Crippen LogP contribution is 2.59. The van der Waals surface area contributed by atoms with Crippen LogP contribution in [-0.4, -0.2) is 49.0 Å². The number of allylic oxidation sites excluding steroid dienone is 1. The van der Waals surface area contributed by atoms with Crippen molar-refractivity contribution in [3.63, 3.8) is 0 Å². The van der Waals surface area contributed by atoms with Crippen LogP contribution in [0.15, 0.2) is 12.2 Å². The zero-order valence-electron chi connectivity index (χ0n) is 26.1. The molecule has 0 N–H and O–H groups in total. The number of unbranched alkanes of at least 4 members (excludes halogenated alkanes) is 2. The lowest BCUT2D eigenvalue weighted by molar-refractivity contribution is -0.242. The molecule has 0 amide bonds. The lowest BCUT2D eigenvalue weighted by Gasteiger charge is -2.46. The van der Waals surface area contributed by atoms with Crippen LogP contribution >= 0.6 is 10.3 Å². The van der Waals surface area contributed by atoms with Gasteiger partial charge in [-0.25, -0.2) is 0 Å². The number of carbonyl (C=O) groups is 1. The third-order valence-corrected chi connectivity index (χ3v) is 10.1. The smallest absolute Gasteiger partial charge is 0.365 e. The highest BCUT2D eigenvalue weighted by molar-refractivity contribution is 8.28. The Bertz CT molecular complexity index is 789. The largest absolute Gasteiger partial charge is 0.420 e. The van der Waals surface area contributed by atoms with Gasteiger partial charge in [0.25, 0.3) is 0 Å². The Morgan fingerprint density at radius 2 is 1.56 bits per heavy atom. The van der Waals surface area contributed by atoms with Gasteiger partial charge in [0, 0.05) is 19.4 Å². The Balaban J connectivity index is 0.0000144. The predicted molar refractivity (Wildman–Crippen MR) is 164 cm³/mol. The zero-order chi connectivity index (χ0) is 29.6. The molecule has 234 valence electrons. The lowest BCUT2D eigenvalue weighted by Crippen LogP contribution is -2.42. The van der Waals surface area contributed by atoms with Crippen molar-refractivity contribution in [2.24, 2.45) is 22.7 Å². The van der Waals surface area contributed by atoms with Gasteiger partial charge in [-0.3, -0.25) is 4.79 Å². The van der Waals surface area contributed by atoms with E-state index in [4.69, 9.17) is 8.92 Å². The number of alkyl halides is 3. The quantitative estimate of drug-likeness (QED) is 0.134. The maximum Gasteiger partial charge on any atom is 0.420 e. The fraction of sp³-hybridized carbons (Fsp3) is 0.906. The average molecular weight is 583 g/mol. The van der Waals surface area contributed by atoms with Crippen LogP contribution in [0.4, 0.5) is 13.2 Å². The monoisotopic (exact) mass is 582 g/mol. The minimum atomic E-state index is -4.48. The Kier molecular flexibility index (Phi) is 14.4. The van der Waals surface area contributed by atoms with E-state index in [0.717, 1.165) is 65.4 Å². The summed E-state index contributed by atoms with van der Waals surface area (Å²) in [5.74, 6) is 0.624. The molecule has 0 aromatic carbocycles. The van der Waals surface area contributed by atoms with Crippen LogP contribution in [0.1, 0.15) is 120 Å². The summed E-state index contributed by atoms with van der Waals surface area (Å²) in [5.41, 5.74) is -2.82. The van der Waals surface area contributed by atoms with Crippen LogP contribution < -0.4 is 0 Å². The molecule has 0 aromatic heterocycles. The number of hydrogen-bond donors (Lipinski definition) is 0. The van der Waals surface area contributed by atoms with E-state index >= 15 is 0 Å². The number of halogens is 3. The van der Waals surface area contributed by atoms with Crippen molar-refractivity contribution in [3.8, 4) is 0 Å². The Morgan fingerprint density at radius 3 is 2.03 bits per heavy atom. The van der Waals surface area contributed by atoms with E-state index in [2.05, 4.69) is 53.4 Å². The summed E-state index contributed by atoms with van der Waals surface area (Å²) in [6.07, 6.45) is 13.7. The molecule has 1 fully saturated rings. The topological polar surface area (TPSA) is 35.5 Å². The first kappa shape index (κ1) is 38.5. The summed E-state index contributed by atoms with van der Waals surface area (Å²) >= 11 is 0. The Morgan fingerprint density at radius 1 is 1.00 bits per heavy atom. The highest BCUT2D eigenvalue weighted by atomic mass is 32.3. The van der Waals surface area contributed by atoms with Gasteiger partial charge in [0.1, 0.15) is 5.78 Å². The van der Waals surface area contributed by atoms with Crippen molar-refractivity contribution in [1.82, 2.24) is 0 Å². The van der Waals surface area contributed by atoms with Gasteiger partial charge in [-0.15, -0.1) is 10.3 Å². The molecule has 5 atom stereocenters. The van der Waals surface area contributed by atoms with Gasteiger partial charge in [0.05, 0.1) is 5.60 Å². The van der Waals surface area contributed by atoms with Gasteiger partial charge in [-0.1, -0.05) is 60.5 Å². The number of ether oxygens (including phenoxy) is 1. The first-order valence-corrected chi connectivity index (χ1v) is 17.2. The number of methoxy groups -OCH3 is 1. The molecular formula is C32H61F3O3S. The molecular weight excluding hydrogens is 521 g/mol. The molecule has 1 saturated carbocycles. The highest BCUT2D eigenvalue weighted by Gasteiger charge is 2.54. The predicted octanol–water partition coefficient (Wildman–Crippen LogP) is 10.3. The molecule has 1 rings (SSSR count). The first-order chi connectivity index (χ1) is 17.2. The van der Waals surface area contributed by atoms with E-state index in [1.807, 2.05) is 6.92 Å². The summed E-state index contributed by atoms with van der Waals surface area (Å²) in [4.78, 5) is 12.9. The van der Waals surface area contributed by atoms with Gasteiger partial charge in [-0.05, 0) is 101 Å². The molecule has 39 heavy (non-hydrogen) atoms. The fourth-order valence-electron chi connectivity index (χ4n) is 6.87. The summed E-state index contributed by atoms with van der Waals surface area (Å²) in [5, 5.41) is 0. The van der Waals surface area contributed by atoms with E-state index in [9.17, 15) is 18.0 Å². The fourth-order valence-corrected chi connectivity index (χ4v) is 8.31. The van der Waals surface area contributed by atoms with Crippen LogP contribution in [0.25, 0.3) is 0 Å². The normalized spacial score (nSPS) is 26.2. The standard InChI is InChI=1S/C31H57F3O3S.CH4/c1-12-25(35)24-18-19-26(29(24,6)13-2)28(5,22-17-23-30(7,36-8)31(32,33)34)21-16-14-15-20-27(3,4)37-38(9,10)11;/h17,23-24,26H,12-16,18-22H2,1-11H3;1H4/b23-17+;/t24?,26-,28?,29?,30?;/m1./s1. The summed E-state index contributed by atoms with van der Waals surface area (Å²) in [7, 11) is 0.0566. The molecule has 0 spiro atoms. The van der Waals surface area contributed by atoms with Gasteiger partial charge in [0.2, 0.25) is 0 Å². The van der Waals surface area contributed by atoms with Crippen LogP contribution in [0, 0.1) is 22.7 Å². The maximum absolute atomic E-state index is 13.6. The van der Waals surface area contributed by atoms with Gasteiger partial charge < -0.3 is 8.92 Å². The molecule has 0 bridgehead atoms. The molecule has 7 heteroatoms. The molecule has 1 aliphatic carbocycles. The molecule has 0 aliphatic heterocycles. The number of ketones is 1. The van der Waals surface area contributed by atoms with E-state index in [-0.39, 0.29) is 35.7 Å². The summed E-state index contributed by atoms with van der Waals surface area (Å²) in [6.45, 7) is 14.0. The number of hydrogen-bond acceptors (Lipinski definition) is 3. The lowest BCUT2D eigenvalue weighted by atomic mass is 9.58. The van der Waals surface area contributed by atoms with Crippen molar-refractivity contribution in [2.45, 2.75) is 137 Å². The number of Topliss-reactive ketones (excluding diaryl/α,β-unsaturated/α-hetero) is 1. The second kappa shape index (κ2) is 14.6. The molecule has 0 heterocycles. The minimum absolute atomic E-state index is 0. The summed E-state index contributed by atoms with van der Waals surface area (Å²) < 4.78 is 52.1. The number of carbonyl (C=O) groups excluding carboxylic acids is 1. The van der Waals surface area contributed by atoms with Crippen molar-refractivity contribution < 1.29 is 26.9 Å². The minimum Gasteiger partial charge on any atom is -0.365 e. The van der Waals surface area contributed by atoms with Gasteiger partial charge in [-0.2, -0.15) is 13.2 Å². The molecule has 0 saturated heterocycles. The van der Waals surface area contributed by atoms with E-state index in [0.29, 0.717) is 18.6 Å². The van der Waals surface area contributed by atoms with Crippen molar-refractivity contribution in [1.29, 1.82) is 0 Å². The molecule has 0 radical (unpaired) electrons. The first-order valence-electron chi connectivity index (χ1n) is 14.4. The zero-order valence-corrected chi connectivity index (χ0v) is 27.0. The van der Waals surface area contributed by atoms with Crippen LogP contribution in [0.2, 0.25) is 0 Å². The van der Waals surface area contributed by atoms with Crippen molar-refractivity contribution in [3.05, 3.63) is 12.2 Å². The van der Waals surface area contributed by atoms with Crippen LogP contribution in [-0.2, 0) is 13.7 Å². The van der Waals surface area contributed by atoms with E-state index < -0.39 is 22.1 Å². The molecule has 3 nitrogen and oxygen atoms in total. The van der Waals surface area contributed by atoms with Crippen LogP contribution in [0.3, 0.4) is 0 Å². The van der Waals surface area contributed by atoms with Gasteiger partial charge >= 0.3 is 6.18 Å². The van der Waals surface area contributed by atoms with Crippen molar-refractivity contribution >= 4 is 16.1 Å². The Labute approximate surface area is 241 Å². The third-order valence-electron chi connectivity index (χ3n) is 9.19. The Hall–Kier alpha value is -0.530. The SMILES string of the molecule is C.CCC(=O)C1CC[C@H](C(C)(C/C=C/C(C)(OC)C(F)(F)F)CCCCCC(C)(C)OS(C)(C)C)C1(C)CC. The molecule has 1 aliphatic rings. The van der Waals surface area contributed by atoms with Crippen LogP contribution in [0.5, 0.6) is 0 Å². The number of rotatable bonds is 16. The van der Waals surface area contributed by atoms with Crippen molar-refractivity contribution in [2.75, 3.05) is 25.9 Å². The van der Waals surface area contributed by atoms with E-state index in [1.54, 1.807) is 6.08 Å². The maximum atomic E-state index is 13.6. The van der Waals surface area contributed by atoms with Gasteiger partial charge in [0.15, 0.2) is 5.60 Å². The third kappa shape index (κ3) is 10.4. The van der Waals surface area contributed by atoms with E-state index in [1.165, 1.54) is 6.08 Å². The average Bonchev–Trinajstić information content (AvgIpc) is 3.14. The summed E-state index contributed by atoms with van der Waals surface area (Å²) in [6, 6.07) is 0.